The van der Waals surface area contributed by atoms with E-state index in [1.165, 1.54) is 12.0 Å². The number of hydrogen-bond donors (Lipinski definition) is 2. The number of aliphatic hydroxyl groups is 1. The predicted octanol–water partition coefficient (Wildman–Crippen LogP) is 2.36. The molecule has 1 aliphatic carbocycles. The van der Waals surface area contributed by atoms with Crippen LogP contribution in [0.2, 0.25) is 0 Å². The molecular formula is C15H27N3OS. The summed E-state index contributed by atoms with van der Waals surface area (Å²) >= 11 is 1.97. The zero-order valence-electron chi connectivity index (χ0n) is 12.8. The van der Waals surface area contributed by atoms with Crippen LogP contribution in [0.4, 0.5) is 0 Å². The molecule has 1 heterocycles. The van der Waals surface area contributed by atoms with Crippen LogP contribution in [0.5, 0.6) is 0 Å². The Hall–Kier alpha value is -0.520. The molecule has 1 aromatic heterocycles. The Kier molecular flexibility index (Phi) is 5.52. The van der Waals surface area contributed by atoms with Crippen LogP contribution >= 0.6 is 11.8 Å². The van der Waals surface area contributed by atoms with Crippen LogP contribution < -0.4 is 5.32 Å². The highest BCUT2D eigenvalue weighted by atomic mass is 32.2. The minimum absolute atomic E-state index is 0.0194. The summed E-state index contributed by atoms with van der Waals surface area (Å²) in [6, 6.07) is 0.225. The number of aryl methyl sites for hydroxylation is 1. The summed E-state index contributed by atoms with van der Waals surface area (Å²) in [5.41, 5.74) is 1.22. The van der Waals surface area contributed by atoms with Crippen LogP contribution in [0.15, 0.2) is 12.4 Å². The molecule has 0 spiro atoms. The van der Waals surface area contributed by atoms with Crippen molar-refractivity contribution in [2.45, 2.75) is 44.4 Å². The fourth-order valence-electron chi connectivity index (χ4n) is 2.94. The van der Waals surface area contributed by atoms with Gasteiger partial charge in [-0.3, -0.25) is 4.68 Å². The van der Waals surface area contributed by atoms with Gasteiger partial charge in [0.25, 0.3) is 0 Å². The van der Waals surface area contributed by atoms with E-state index in [1.54, 1.807) is 0 Å². The highest BCUT2D eigenvalue weighted by Crippen LogP contribution is 2.49. The Labute approximate surface area is 126 Å². The van der Waals surface area contributed by atoms with Crippen molar-refractivity contribution in [3.8, 4) is 0 Å². The van der Waals surface area contributed by atoms with Crippen molar-refractivity contribution < 1.29 is 5.11 Å². The molecule has 0 aliphatic heterocycles. The first kappa shape index (κ1) is 15.9. The topological polar surface area (TPSA) is 50.1 Å². The number of nitrogens with zero attached hydrogens (tertiary/aromatic N) is 2. The SMILES string of the molecule is CC(C)SCCNC(c1cnn(C)c1)C1(CO)CCC1. The predicted molar refractivity (Wildman–Crippen MR) is 84.9 cm³/mol. The van der Waals surface area contributed by atoms with E-state index >= 15 is 0 Å². The molecule has 1 aromatic rings. The molecule has 114 valence electrons. The van der Waals surface area contributed by atoms with E-state index in [9.17, 15) is 5.11 Å². The van der Waals surface area contributed by atoms with Gasteiger partial charge in [-0.15, -0.1) is 0 Å². The van der Waals surface area contributed by atoms with E-state index in [2.05, 4.69) is 30.5 Å². The van der Waals surface area contributed by atoms with Crippen molar-refractivity contribution in [2.24, 2.45) is 12.5 Å². The number of hydrogen-bond acceptors (Lipinski definition) is 4. The second kappa shape index (κ2) is 6.96. The van der Waals surface area contributed by atoms with Crippen molar-refractivity contribution in [1.82, 2.24) is 15.1 Å². The zero-order chi connectivity index (χ0) is 14.6. The van der Waals surface area contributed by atoms with Crippen molar-refractivity contribution in [3.63, 3.8) is 0 Å². The number of rotatable bonds is 8. The Balaban J connectivity index is 2.01. The summed E-state index contributed by atoms with van der Waals surface area (Å²) < 4.78 is 1.84. The molecule has 1 saturated carbocycles. The van der Waals surface area contributed by atoms with Crippen molar-refractivity contribution in [1.29, 1.82) is 0 Å². The lowest BCUT2D eigenvalue weighted by molar-refractivity contribution is 0.00594. The highest BCUT2D eigenvalue weighted by molar-refractivity contribution is 7.99. The second-order valence-corrected chi connectivity index (χ2v) is 7.81. The van der Waals surface area contributed by atoms with Crippen LogP contribution in [0, 0.1) is 5.41 Å². The fraction of sp³-hybridized carbons (Fsp3) is 0.800. The Bertz CT molecular complexity index is 409. The van der Waals surface area contributed by atoms with Crippen LogP contribution in [-0.2, 0) is 7.05 Å². The average Bonchev–Trinajstić information content (AvgIpc) is 2.77. The van der Waals surface area contributed by atoms with E-state index in [0.29, 0.717) is 5.25 Å². The van der Waals surface area contributed by atoms with Crippen LogP contribution in [0.25, 0.3) is 0 Å². The molecule has 5 heteroatoms. The quantitative estimate of drug-likeness (QED) is 0.723. The van der Waals surface area contributed by atoms with Crippen LogP contribution in [0.1, 0.15) is 44.7 Å². The summed E-state index contributed by atoms with van der Waals surface area (Å²) in [5, 5.41) is 18.5. The van der Waals surface area contributed by atoms with Gasteiger partial charge >= 0.3 is 0 Å². The molecule has 1 aliphatic rings. The van der Waals surface area contributed by atoms with Gasteiger partial charge in [0.05, 0.1) is 12.8 Å². The van der Waals surface area contributed by atoms with Gasteiger partial charge in [-0.05, 0) is 18.1 Å². The normalized spacial score (nSPS) is 19.1. The van der Waals surface area contributed by atoms with E-state index < -0.39 is 0 Å². The maximum atomic E-state index is 9.85. The standard InChI is InChI=1S/C15H27N3OS/c1-12(2)20-8-7-16-14(13-9-17-18(3)10-13)15(11-19)5-4-6-15/h9-10,12,14,16,19H,4-8,11H2,1-3H3. The summed E-state index contributed by atoms with van der Waals surface area (Å²) in [6.45, 7) is 5.69. The second-order valence-electron chi connectivity index (χ2n) is 6.13. The Morgan fingerprint density at radius 2 is 2.25 bits per heavy atom. The first-order valence-electron chi connectivity index (χ1n) is 7.52. The first-order valence-corrected chi connectivity index (χ1v) is 8.57. The molecular weight excluding hydrogens is 270 g/mol. The van der Waals surface area contributed by atoms with E-state index in [4.69, 9.17) is 0 Å². The lowest BCUT2D eigenvalue weighted by atomic mass is 9.63. The number of nitrogens with one attached hydrogen (secondary N) is 1. The molecule has 2 N–H and O–H groups in total. The van der Waals surface area contributed by atoms with Gasteiger partial charge in [0.2, 0.25) is 0 Å². The average molecular weight is 297 g/mol. The van der Waals surface area contributed by atoms with E-state index in [1.807, 2.05) is 29.7 Å². The number of aliphatic hydroxyl groups excluding tert-OH is 1. The molecule has 0 bridgehead atoms. The smallest absolute Gasteiger partial charge is 0.0537 e. The van der Waals surface area contributed by atoms with Gasteiger partial charge in [-0.25, -0.2) is 0 Å². The molecule has 4 nitrogen and oxygen atoms in total. The third-order valence-corrected chi connectivity index (χ3v) is 5.34. The van der Waals surface area contributed by atoms with Crippen molar-refractivity contribution >= 4 is 11.8 Å². The molecule has 20 heavy (non-hydrogen) atoms. The third kappa shape index (κ3) is 3.57. The largest absolute Gasteiger partial charge is 0.396 e. The minimum Gasteiger partial charge on any atom is -0.396 e. The fourth-order valence-corrected chi connectivity index (χ4v) is 3.65. The maximum Gasteiger partial charge on any atom is 0.0537 e. The third-order valence-electron chi connectivity index (χ3n) is 4.24. The Morgan fingerprint density at radius 1 is 1.50 bits per heavy atom. The molecule has 0 amide bonds. The monoisotopic (exact) mass is 297 g/mol. The van der Waals surface area contributed by atoms with Gasteiger partial charge in [-0.2, -0.15) is 16.9 Å². The zero-order valence-corrected chi connectivity index (χ0v) is 13.6. The summed E-state index contributed by atoms with van der Waals surface area (Å²) in [5.74, 6) is 1.11. The lowest BCUT2D eigenvalue weighted by Gasteiger charge is -2.46. The van der Waals surface area contributed by atoms with E-state index in [0.717, 1.165) is 25.1 Å². The summed E-state index contributed by atoms with van der Waals surface area (Å²) in [7, 11) is 1.95. The van der Waals surface area contributed by atoms with Crippen LogP contribution in [0.3, 0.4) is 0 Å². The Morgan fingerprint density at radius 3 is 2.70 bits per heavy atom. The molecule has 1 fully saturated rings. The van der Waals surface area contributed by atoms with Crippen molar-refractivity contribution in [2.75, 3.05) is 18.9 Å². The van der Waals surface area contributed by atoms with Crippen LogP contribution in [-0.4, -0.2) is 39.0 Å². The number of aromatic nitrogens is 2. The van der Waals surface area contributed by atoms with E-state index in [-0.39, 0.29) is 18.1 Å². The summed E-state index contributed by atoms with van der Waals surface area (Å²) in [6.07, 6.45) is 7.44. The van der Waals surface area contributed by atoms with Crippen molar-refractivity contribution in [3.05, 3.63) is 18.0 Å². The lowest BCUT2D eigenvalue weighted by Crippen LogP contribution is -2.46. The van der Waals surface area contributed by atoms with Gasteiger partial charge < -0.3 is 10.4 Å². The molecule has 0 radical (unpaired) electrons. The molecule has 0 saturated heterocycles. The minimum atomic E-state index is 0.0194. The summed E-state index contributed by atoms with van der Waals surface area (Å²) in [4.78, 5) is 0. The molecule has 1 unspecified atom stereocenters. The van der Waals surface area contributed by atoms with Gasteiger partial charge in [0, 0.05) is 42.6 Å². The highest BCUT2D eigenvalue weighted by Gasteiger charge is 2.44. The molecule has 2 rings (SSSR count). The van der Waals surface area contributed by atoms with Gasteiger partial charge in [0.1, 0.15) is 0 Å². The number of thioether (sulfide) groups is 1. The maximum absolute atomic E-state index is 9.85. The first-order chi connectivity index (χ1) is 9.57. The molecule has 0 aromatic carbocycles. The van der Waals surface area contributed by atoms with Gasteiger partial charge in [0.15, 0.2) is 0 Å². The molecule has 1 atom stereocenters. The van der Waals surface area contributed by atoms with Gasteiger partial charge in [-0.1, -0.05) is 20.3 Å².